The Morgan fingerprint density at radius 1 is 1.21 bits per heavy atom. The zero-order valence-corrected chi connectivity index (χ0v) is 18.1. The number of halogens is 1. The maximum Gasteiger partial charge on any atom is 0.396 e. The third kappa shape index (κ3) is 3.85. The second-order valence-electron chi connectivity index (χ2n) is 6.74. The number of rotatable bonds is 8. The van der Waals surface area contributed by atoms with Crippen LogP contribution in [0, 0.1) is 5.92 Å². The zero-order valence-electron chi connectivity index (χ0n) is 16.4. The topological polar surface area (TPSA) is 92.5 Å². The fourth-order valence-electron chi connectivity index (χ4n) is 3.05. The smallest absolute Gasteiger partial charge is 0.396 e. The van der Waals surface area contributed by atoms with Crippen LogP contribution in [0.5, 0.6) is 0 Å². The number of hydrogen-bond acceptors (Lipinski definition) is 6. The third-order valence-corrected chi connectivity index (χ3v) is 6.39. The van der Waals surface area contributed by atoms with Crippen molar-refractivity contribution >= 4 is 41.4 Å². The molecule has 0 radical (unpaired) electrons. The summed E-state index contributed by atoms with van der Waals surface area (Å²) in [6.45, 7) is 8.85. The summed E-state index contributed by atoms with van der Waals surface area (Å²) in [6.07, 6.45) is 0. The van der Waals surface area contributed by atoms with Crippen LogP contribution in [0.2, 0.25) is 5.02 Å². The van der Waals surface area contributed by atoms with Gasteiger partial charge in [-0.2, -0.15) is 0 Å². The van der Waals surface area contributed by atoms with Crippen LogP contribution in [0.3, 0.4) is 0 Å². The molecule has 0 amide bonds. The molecule has 0 saturated carbocycles. The quantitative estimate of drug-likeness (QED) is 0.399. The van der Waals surface area contributed by atoms with Crippen LogP contribution < -0.4 is 11.2 Å². The average molecular weight is 426 g/mol. The number of anilines is 1. The first kappa shape index (κ1) is 20.9. The van der Waals surface area contributed by atoms with E-state index < -0.39 is 7.60 Å². The average Bonchev–Trinajstić information content (AvgIpc) is 3.24. The SMILES string of the molecule is CCOP(=O)(OCC)c1ccc(-c2nc3c(N)ccc(Cl)c3n2CC(C)C)o1. The van der Waals surface area contributed by atoms with Gasteiger partial charge in [-0.15, -0.1) is 0 Å². The lowest BCUT2D eigenvalue weighted by Crippen LogP contribution is -2.09. The van der Waals surface area contributed by atoms with E-state index in [2.05, 4.69) is 18.8 Å². The fourth-order valence-corrected chi connectivity index (χ4v) is 4.78. The Bertz CT molecular complexity index is 1020. The van der Waals surface area contributed by atoms with E-state index in [4.69, 9.17) is 30.8 Å². The van der Waals surface area contributed by atoms with Gasteiger partial charge in [0.05, 0.1) is 29.4 Å². The number of aromatic nitrogens is 2. The molecule has 1 aromatic carbocycles. The van der Waals surface area contributed by atoms with Gasteiger partial charge in [0.1, 0.15) is 5.52 Å². The van der Waals surface area contributed by atoms with Gasteiger partial charge >= 0.3 is 7.60 Å². The molecular weight excluding hydrogens is 401 g/mol. The molecule has 0 saturated heterocycles. The lowest BCUT2D eigenvalue weighted by atomic mass is 10.2. The summed E-state index contributed by atoms with van der Waals surface area (Å²) in [5.41, 5.74) is 8.16. The molecule has 7 nitrogen and oxygen atoms in total. The number of nitrogen functional groups attached to an aromatic ring is 1. The molecular formula is C19H25ClN3O4P. The van der Waals surface area contributed by atoms with Crippen molar-refractivity contribution in [3.8, 4) is 11.6 Å². The minimum absolute atomic E-state index is 0.147. The predicted octanol–water partition coefficient (Wildman–Crippen LogP) is 5.08. The number of hydrogen-bond donors (Lipinski definition) is 1. The van der Waals surface area contributed by atoms with Crippen molar-refractivity contribution in [2.45, 2.75) is 34.2 Å². The Morgan fingerprint density at radius 3 is 2.50 bits per heavy atom. The highest BCUT2D eigenvalue weighted by Gasteiger charge is 2.32. The molecule has 0 unspecified atom stereocenters. The van der Waals surface area contributed by atoms with Crippen molar-refractivity contribution in [3.05, 3.63) is 29.3 Å². The van der Waals surface area contributed by atoms with Crippen molar-refractivity contribution in [3.63, 3.8) is 0 Å². The van der Waals surface area contributed by atoms with Crippen LogP contribution >= 0.6 is 19.2 Å². The van der Waals surface area contributed by atoms with Crippen LogP contribution in [0.4, 0.5) is 5.69 Å². The lowest BCUT2D eigenvalue weighted by Gasteiger charge is -2.14. The van der Waals surface area contributed by atoms with E-state index in [0.717, 1.165) is 5.52 Å². The van der Waals surface area contributed by atoms with E-state index >= 15 is 0 Å². The lowest BCUT2D eigenvalue weighted by molar-refractivity contribution is 0.225. The zero-order chi connectivity index (χ0) is 20.5. The van der Waals surface area contributed by atoms with Crippen LogP contribution in [-0.2, 0) is 20.2 Å². The minimum atomic E-state index is -3.52. The molecule has 9 heteroatoms. The molecule has 3 aromatic rings. The van der Waals surface area contributed by atoms with Crippen LogP contribution in [0.25, 0.3) is 22.6 Å². The molecule has 0 aliphatic carbocycles. The van der Waals surface area contributed by atoms with Crippen molar-refractivity contribution < 1.29 is 18.0 Å². The number of furan rings is 1. The van der Waals surface area contributed by atoms with Crippen molar-refractivity contribution in [1.29, 1.82) is 0 Å². The highest BCUT2D eigenvalue weighted by molar-refractivity contribution is 7.61. The summed E-state index contributed by atoms with van der Waals surface area (Å²) in [5.74, 6) is 1.34. The van der Waals surface area contributed by atoms with Crippen LogP contribution in [-0.4, -0.2) is 22.8 Å². The molecule has 0 bridgehead atoms. The van der Waals surface area contributed by atoms with Gasteiger partial charge in [0, 0.05) is 6.54 Å². The van der Waals surface area contributed by atoms with Gasteiger partial charge in [0.25, 0.3) is 0 Å². The Hall–Kier alpha value is -1.79. The Balaban J connectivity index is 2.17. The molecule has 3 rings (SSSR count). The third-order valence-electron chi connectivity index (χ3n) is 4.10. The molecule has 0 atom stereocenters. The molecule has 28 heavy (non-hydrogen) atoms. The molecule has 2 heterocycles. The van der Waals surface area contributed by atoms with Gasteiger partial charge in [-0.3, -0.25) is 4.57 Å². The second-order valence-corrected chi connectivity index (χ2v) is 9.10. The van der Waals surface area contributed by atoms with E-state index in [1.165, 1.54) is 0 Å². The number of nitrogens with zero attached hydrogens (tertiary/aromatic N) is 2. The van der Waals surface area contributed by atoms with E-state index in [-0.39, 0.29) is 18.7 Å². The summed E-state index contributed by atoms with van der Waals surface area (Å²) < 4.78 is 31.6. The molecule has 0 spiro atoms. The van der Waals surface area contributed by atoms with Crippen molar-refractivity contribution in [2.24, 2.45) is 5.92 Å². The highest BCUT2D eigenvalue weighted by atomic mass is 35.5. The fraction of sp³-hybridized carbons (Fsp3) is 0.421. The highest BCUT2D eigenvalue weighted by Crippen LogP contribution is 2.48. The van der Waals surface area contributed by atoms with E-state index in [1.807, 2.05) is 4.57 Å². The standard InChI is InChI=1S/C19H25ClN3O4P/c1-5-25-28(24,26-6-2)16-10-9-15(27-16)19-22-17-14(21)8-7-13(20)18(17)23(19)11-12(3)4/h7-10,12H,5-6,11,21H2,1-4H3. The molecule has 0 fully saturated rings. The van der Waals surface area contributed by atoms with Crippen molar-refractivity contribution in [1.82, 2.24) is 9.55 Å². The summed E-state index contributed by atoms with van der Waals surface area (Å²) in [7, 11) is -3.52. The molecule has 0 aliphatic rings. The Kier molecular flexibility index (Phi) is 6.20. The first-order valence-electron chi connectivity index (χ1n) is 9.24. The largest absolute Gasteiger partial charge is 0.445 e. The van der Waals surface area contributed by atoms with E-state index in [0.29, 0.717) is 40.3 Å². The number of nitrogens with two attached hydrogens (primary N) is 1. The first-order chi connectivity index (χ1) is 13.3. The monoisotopic (exact) mass is 425 g/mol. The van der Waals surface area contributed by atoms with Crippen LogP contribution in [0.15, 0.2) is 28.7 Å². The normalized spacial score (nSPS) is 12.4. The van der Waals surface area contributed by atoms with Gasteiger partial charge in [-0.1, -0.05) is 25.4 Å². The first-order valence-corrected chi connectivity index (χ1v) is 11.2. The van der Waals surface area contributed by atoms with Gasteiger partial charge < -0.3 is 23.8 Å². The summed E-state index contributed by atoms with van der Waals surface area (Å²) in [6, 6.07) is 6.80. The maximum absolute atomic E-state index is 13.0. The summed E-state index contributed by atoms with van der Waals surface area (Å²) in [5, 5.41) is 0.560. The second kappa shape index (κ2) is 8.29. The number of benzene rings is 1. The molecule has 0 aliphatic heterocycles. The number of fused-ring (bicyclic) bond motifs is 1. The molecule has 152 valence electrons. The van der Waals surface area contributed by atoms with Crippen molar-refractivity contribution in [2.75, 3.05) is 18.9 Å². The molecule has 2 N–H and O–H groups in total. The maximum atomic E-state index is 13.0. The predicted molar refractivity (Wildman–Crippen MR) is 112 cm³/mol. The van der Waals surface area contributed by atoms with E-state index in [1.54, 1.807) is 38.1 Å². The summed E-state index contributed by atoms with van der Waals surface area (Å²) in [4.78, 5) is 4.67. The summed E-state index contributed by atoms with van der Waals surface area (Å²) >= 11 is 6.45. The van der Waals surface area contributed by atoms with Gasteiger partial charge in [0.15, 0.2) is 11.6 Å². The van der Waals surface area contributed by atoms with Gasteiger partial charge in [-0.05, 0) is 44.0 Å². The van der Waals surface area contributed by atoms with Gasteiger partial charge in [0.2, 0.25) is 5.50 Å². The Morgan fingerprint density at radius 2 is 1.89 bits per heavy atom. The van der Waals surface area contributed by atoms with Gasteiger partial charge in [-0.25, -0.2) is 4.98 Å². The minimum Gasteiger partial charge on any atom is -0.445 e. The van der Waals surface area contributed by atoms with E-state index in [9.17, 15) is 4.57 Å². The Labute approximate surface area is 169 Å². The molecule has 2 aromatic heterocycles. The van der Waals surface area contributed by atoms with Crippen LogP contribution in [0.1, 0.15) is 27.7 Å². The number of imidazole rings is 1.